The highest BCUT2D eigenvalue weighted by atomic mass is 16.5. The van der Waals surface area contributed by atoms with Crippen LogP contribution in [0.2, 0.25) is 0 Å². The minimum Gasteiger partial charge on any atom is -0.493 e. The van der Waals surface area contributed by atoms with Gasteiger partial charge in [0.2, 0.25) is 0 Å². The second-order valence-corrected chi connectivity index (χ2v) is 4.31. The zero-order valence-corrected chi connectivity index (χ0v) is 9.77. The van der Waals surface area contributed by atoms with E-state index in [1.165, 1.54) is 0 Å². The highest BCUT2D eigenvalue weighted by Gasteiger charge is 2.25. The Hall–Kier alpha value is -1.22. The van der Waals surface area contributed by atoms with Gasteiger partial charge >= 0.3 is 0 Å². The van der Waals surface area contributed by atoms with Gasteiger partial charge in [-0.2, -0.15) is 0 Å². The van der Waals surface area contributed by atoms with E-state index in [0.717, 1.165) is 29.9 Å². The van der Waals surface area contributed by atoms with Gasteiger partial charge in [-0.05, 0) is 30.5 Å². The van der Waals surface area contributed by atoms with Crippen molar-refractivity contribution in [1.29, 1.82) is 0 Å². The van der Waals surface area contributed by atoms with Gasteiger partial charge in [0, 0.05) is 12.5 Å². The molecule has 1 saturated carbocycles. The molecule has 1 fully saturated rings. The molecule has 0 radical (unpaired) electrons. The van der Waals surface area contributed by atoms with Crippen LogP contribution in [-0.4, -0.2) is 24.9 Å². The molecule has 1 aliphatic rings. The second kappa shape index (κ2) is 4.74. The molecule has 1 aromatic carbocycles. The minimum absolute atomic E-state index is 0.129. The Kier molecular flexibility index (Phi) is 3.34. The highest BCUT2D eigenvalue weighted by Crippen LogP contribution is 2.35. The Morgan fingerprint density at radius 2 is 2.12 bits per heavy atom. The zero-order valence-electron chi connectivity index (χ0n) is 9.77. The lowest BCUT2D eigenvalue weighted by Crippen LogP contribution is -2.02. The maximum atomic E-state index is 9.10. The molecule has 0 aromatic heterocycles. The Morgan fingerprint density at radius 3 is 2.69 bits per heavy atom. The number of hydrogen-bond donors (Lipinski definition) is 1. The fourth-order valence-corrected chi connectivity index (χ4v) is 1.56. The average Bonchev–Trinajstić information content (AvgIpc) is 3.12. The lowest BCUT2D eigenvalue weighted by molar-refractivity contribution is 0.270. The number of methoxy groups -OCH3 is 1. The van der Waals surface area contributed by atoms with Crippen LogP contribution in [0.15, 0.2) is 18.2 Å². The predicted octanol–water partition coefficient (Wildman–Crippen LogP) is 2.33. The molecule has 0 bridgehead atoms. The van der Waals surface area contributed by atoms with Crippen LogP contribution >= 0.6 is 0 Å². The molecule has 3 heteroatoms. The van der Waals surface area contributed by atoms with Crippen molar-refractivity contribution >= 4 is 0 Å². The number of hydrogen-bond acceptors (Lipinski definition) is 3. The fraction of sp³-hybridized carbons (Fsp3) is 0.538. The van der Waals surface area contributed by atoms with E-state index >= 15 is 0 Å². The van der Waals surface area contributed by atoms with Gasteiger partial charge in [0.15, 0.2) is 11.5 Å². The molecule has 0 heterocycles. The Balaban J connectivity index is 2.19. The normalized spacial score (nSPS) is 16.9. The van der Waals surface area contributed by atoms with Crippen LogP contribution < -0.4 is 9.47 Å². The van der Waals surface area contributed by atoms with Gasteiger partial charge in [-0.3, -0.25) is 0 Å². The number of ether oxygens (including phenoxy) is 2. The molecule has 88 valence electrons. The van der Waals surface area contributed by atoms with E-state index in [2.05, 4.69) is 0 Å². The molecule has 0 spiro atoms. The molecular formula is C13H18O3. The summed E-state index contributed by atoms with van der Waals surface area (Å²) in [6.45, 7) is 2.13. The first-order valence-electron chi connectivity index (χ1n) is 5.70. The van der Waals surface area contributed by atoms with Crippen molar-refractivity contribution in [1.82, 2.24) is 0 Å². The largest absolute Gasteiger partial charge is 0.493 e. The van der Waals surface area contributed by atoms with Gasteiger partial charge in [0.05, 0.1) is 13.2 Å². The summed E-state index contributed by atoms with van der Waals surface area (Å²) >= 11 is 0. The SMILES string of the molecule is COc1cc(C(C)CO)ccc1OC1CC1. The lowest BCUT2D eigenvalue weighted by Gasteiger charge is -2.14. The van der Waals surface area contributed by atoms with Crippen LogP contribution in [0.5, 0.6) is 11.5 Å². The van der Waals surface area contributed by atoms with Crippen molar-refractivity contribution in [2.75, 3.05) is 13.7 Å². The quantitative estimate of drug-likeness (QED) is 0.831. The van der Waals surface area contributed by atoms with E-state index in [4.69, 9.17) is 14.6 Å². The van der Waals surface area contributed by atoms with Crippen LogP contribution in [0.4, 0.5) is 0 Å². The van der Waals surface area contributed by atoms with Gasteiger partial charge in [-0.15, -0.1) is 0 Å². The van der Waals surface area contributed by atoms with Crippen molar-refractivity contribution in [2.45, 2.75) is 31.8 Å². The van der Waals surface area contributed by atoms with Crippen molar-refractivity contribution < 1.29 is 14.6 Å². The molecule has 1 unspecified atom stereocenters. The molecule has 0 aliphatic heterocycles. The maximum absolute atomic E-state index is 9.10. The van der Waals surface area contributed by atoms with Gasteiger partial charge in [0.25, 0.3) is 0 Å². The van der Waals surface area contributed by atoms with E-state index in [0.29, 0.717) is 6.10 Å². The molecule has 0 amide bonds. The average molecular weight is 222 g/mol. The third kappa shape index (κ3) is 2.47. The van der Waals surface area contributed by atoms with Crippen molar-refractivity contribution in [2.24, 2.45) is 0 Å². The molecular weight excluding hydrogens is 204 g/mol. The Labute approximate surface area is 96.0 Å². The standard InChI is InChI=1S/C13H18O3/c1-9(8-14)10-3-6-12(13(7-10)15-2)16-11-4-5-11/h3,6-7,9,11,14H,4-5,8H2,1-2H3. The van der Waals surface area contributed by atoms with Crippen molar-refractivity contribution in [3.63, 3.8) is 0 Å². The molecule has 3 nitrogen and oxygen atoms in total. The minimum atomic E-state index is 0.129. The van der Waals surface area contributed by atoms with Crippen LogP contribution in [0, 0.1) is 0 Å². The summed E-state index contributed by atoms with van der Waals surface area (Å²) in [4.78, 5) is 0. The molecule has 0 saturated heterocycles. The number of aliphatic hydroxyl groups excluding tert-OH is 1. The monoisotopic (exact) mass is 222 g/mol. The second-order valence-electron chi connectivity index (χ2n) is 4.31. The first-order chi connectivity index (χ1) is 7.74. The third-order valence-electron chi connectivity index (χ3n) is 2.85. The Morgan fingerprint density at radius 1 is 1.38 bits per heavy atom. The third-order valence-corrected chi connectivity index (χ3v) is 2.85. The van der Waals surface area contributed by atoms with E-state index in [1.54, 1.807) is 7.11 Å². The first kappa shape index (κ1) is 11.3. The summed E-state index contributed by atoms with van der Waals surface area (Å²) in [5.41, 5.74) is 1.07. The summed E-state index contributed by atoms with van der Waals surface area (Å²) < 4.78 is 11.0. The van der Waals surface area contributed by atoms with Crippen LogP contribution in [0.1, 0.15) is 31.2 Å². The summed E-state index contributed by atoms with van der Waals surface area (Å²) in [6, 6.07) is 5.86. The zero-order chi connectivity index (χ0) is 11.5. The summed E-state index contributed by atoms with van der Waals surface area (Å²) in [7, 11) is 1.64. The summed E-state index contributed by atoms with van der Waals surface area (Å²) in [6.07, 6.45) is 2.64. The molecule has 1 N–H and O–H groups in total. The van der Waals surface area contributed by atoms with Gasteiger partial charge in [-0.1, -0.05) is 13.0 Å². The maximum Gasteiger partial charge on any atom is 0.161 e. The Bertz CT molecular complexity index is 358. The molecule has 1 aliphatic carbocycles. The predicted molar refractivity (Wildman–Crippen MR) is 62.1 cm³/mol. The number of aliphatic hydroxyl groups is 1. The fourth-order valence-electron chi connectivity index (χ4n) is 1.56. The first-order valence-corrected chi connectivity index (χ1v) is 5.70. The molecule has 16 heavy (non-hydrogen) atoms. The highest BCUT2D eigenvalue weighted by molar-refractivity contribution is 5.44. The lowest BCUT2D eigenvalue weighted by atomic mass is 10.0. The van der Waals surface area contributed by atoms with Gasteiger partial charge in [-0.25, -0.2) is 0 Å². The van der Waals surface area contributed by atoms with Crippen LogP contribution in [-0.2, 0) is 0 Å². The number of benzene rings is 1. The summed E-state index contributed by atoms with van der Waals surface area (Å²) in [5.74, 6) is 1.69. The topological polar surface area (TPSA) is 38.7 Å². The van der Waals surface area contributed by atoms with Crippen molar-refractivity contribution in [3.05, 3.63) is 23.8 Å². The number of rotatable bonds is 5. The molecule has 1 atom stereocenters. The van der Waals surface area contributed by atoms with Gasteiger partial charge < -0.3 is 14.6 Å². The van der Waals surface area contributed by atoms with Crippen LogP contribution in [0.3, 0.4) is 0 Å². The van der Waals surface area contributed by atoms with E-state index in [9.17, 15) is 0 Å². The molecule has 1 aromatic rings. The smallest absolute Gasteiger partial charge is 0.161 e. The van der Waals surface area contributed by atoms with Crippen molar-refractivity contribution in [3.8, 4) is 11.5 Å². The summed E-state index contributed by atoms with van der Waals surface area (Å²) in [5, 5.41) is 9.10. The van der Waals surface area contributed by atoms with E-state index < -0.39 is 0 Å². The molecule has 2 rings (SSSR count). The van der Waals surface area contributed by atoms with E-state index in [1.807, 2.05) is 25.1 Å². The van der Waals surface area contributed by atoms with E-state index in [-0.39, 0.29) is 12.5 Å². The van der Waals surface area contributed by atoms with Crippen LogP contribution in [0.25, 0.3) is 0 Å². The van der Waals surface area contributed by atoms with Gasteiger partial charge in [0.1, 0.15) is 0 Å².